The maximum atomic E-state index is 12.8. The van der Waals surface area contributed by atoms with Crippen molar-refractivity contribution >= 4 is 46.3 Å². The number of hydrogen-bond acceptors (Lipinski definition) is 8. The minimum absolute atomic E-state index is 0.0945. The molecule has 4 N–H and O–H groups in total. The second-order valence-corrected chi connectivity index (χ2v) is 9.35. The van der Waals surface area contributed by atoms with E-state index in [1.54, 1.807) is 55.6 Å². The van der Waals surface area contributed by atoms with Gasteiger partial charge in [0.05, 0.1) is 31.7 Å². The zero-order chi connectivity index (χ0) is 29.5. The average Bonchev–Trinajstić information content (AvgIpc) is 3.39. The second-order valence-electron chi connectivity index (χ2n) is 9.35. The molecule has 3 aromatic carbocycles. The SMILES string of the molecule is COc1ccccc1Nc1nc2ccc(CC(=O)Nc3ccc(C(CC(=O)O)NC(=O)c4ccncc4)cc3)cc2o1. The summed E-state index contributed by atoms with van der Waals surface area (Å²) in [6.45, 7) is 0. The summed E-state index contributed by atoms with van der Waals surface area (Å²) in [7, 11) is 1.58. The number of fused-ring (bicyclic) bond motifs is 1. The molecule has 2 aromatic heterocycles. The lowest BCUT2D eigenvalue weighted by Gasteiger charge is -2.18. The third kappa shape index (κ3) is 6.89. The van der Waals surface area contributed by atoms with Crippen LogP contribution in [0, 0.1) is 0 Å². The highest BCUT2D eigenvalue weighted by Crippen LogP contribution is 2.29. The van der Waals surface area contributed by atoms with Crippen molar-refractivity contribution in [3.63, 3.8) is 0 Å². The van der Waals surface area contributed by atoms with Crippen molar-refractivity contribution in [2.45, 2.75) is 18.9 Å². The molecule has 0 saturated heterocycles. The van der Waals surface area contributed by atoms with E-state index in [4.69, 9.17) is 9.15 Å². The third-order valence-corrected chi connectivity index (χ3v) is 6.39. The summed E-state index contributed by atoms with van der Waals surface area (Å²) in [5.41, 5.74) is 4.10. The molecule has 0 aliphatic carbocycles. The molecule has 212 valence electrons. The van der Waals surface area contributed by atoms with Crippen LogP contribution in [-0.4, -0.2) is 40.0 Å². The number of anilines is 3. The highest BCUT2D eigenvalue weighted by atomic mass is 16.5. The molecule has 0 saturated carbocycles. The Labute approximate surface area is 240 Å². The first-order valence-corrected chi connectivity index (χ1v) is 13.0. The van der Waals surface area contributed by atoms with Crippen LogP contribution in [0.15, 0.2) is 95.7 Å². The van der Waals surface area contributed by atoms with E-state index in [1.165, 1.54) is 12.4 Å². The number of benzene rings is 3. The third-order valence-electron chi connectivity index (χ3n) is 6.39. The van der Waals surface area contributed by atoms with Crippen LogP contribution in [0.5, 0.6) is 5.75 Å². The fraction of sp³-hybridized carbons (Fsp3) is 0.129. The molecule has 42 heavy (non-hydrogen) atoms. The van der Waals surface area contributed by atoms with Crippen LogP contribution in [0.25, 0.3) is 11.1 Å². The highest BCUT2D eigenvalue weighted by Gasteiger charge is 2.19. The van der Waals surface area contributed by atoms with Gasteiger partial charge in [-0.05, 0) is 59.7 Å². The summed E-state index contributed by atoms with van der Waals surface area (Å²) >= 11 is 0. The van der Waals surface area contributed by atoms with Crippen LogP contribution >= 0.6 is 0 Å². The van der Waals surface area contributed by atoms with Crippen LogP contribution in [0.1, 0.15) is 33.9 Å². The summed E-state index contributed by atoms with van der Waals surface area (Å²) in [6, 6.07) is 22.1. The smallest absolute Gasteiger partial charge is 0.305 e. The fourth-order valence-corrected chi connectivity index (χ4v) is 4.36. The van der Waals surface area contributed by atoms with Gasteiger partial charge in [-0.15, -0.1) is 0 Å². The van der Waals surface area contributed by atoms with Gasteiger partial charge in [0.25, 0.3) is 11.9 Å². The van der Waals surface area contributed by atoms with Crippen LogP contribution in [-0.2, 0) is 16.0 Å². The normalized spacial score (nSPS) is 11.5. The number of nitrogens with one attached hydrogen (secondary N) is 3. The number of oxazole rings is 1. The van der Waals surface area contributed by atoms with Crippen molar-refractivity contribution < 1.29 is 28.6 Å². The highest BCUT2D eigenvalue weighted by molar-refractivity contribution is 5.95. The first kappa shape index (κ1) is 27.8. The van der Waals surface area contributed by atoms with E-state index in [0.29, 0.717) is 45.4 Å². The number of aliphatic carboxylic acids is 1. The van der Waals surface area contributed by atoms with Crippen molar-refractivity contribution in [1.82, 2.24) is 15.3 Å². The number of pyridine rings is 1. The number of carboxylic acid groups (broad SMARTS) is 1. The maximum absolute atomic E-state index is 12.8. The maximum Gasteiger partial charge on any atom is 0.305 e. The second kappa shape index (κ2) is 12.6. The van der Waals surface area contributed by atoms with E-state index in [2.05, 4.69) is 25.9 Å². The Balaban J connectivity index is 1.22. The van der Waals surface area contributed by atoms with E-state index < -0.39 is 17.9 Å². The molecule has 0 spiro atoms. The monoisotopic (exact) mass is 565 g/mol. The van der Waals surface area contributed by atoms with E-state index in [9.17, 15) is 19.5 Å². The number of carbonyl (C=O) groups excluding carboxylic acids is 2. The molecule has 5 aromatic rings. The van der Waals surface area contributed by atoms with Crippen molar-refractivity contribution in [2.24, 2.45) is 0 Å². The summed E-state index contributed by atoms with van der Waals surface area (Å²) < 4.78 is 11.2. The minimum Gasteiger partial charge on any atom is -0.495 e. The Kier molecular flexibility index (Phi) is 8.38. The Bertz CT molecular complexity index is 1720. The molecule has 1 unspecified atom stereocenters. The Morgan fingerprint density at radius 2 is 1.74 bits per heavy atom. The summed E-state index contributed by atoms with van der Waals surface area (Å²) in [5.74, 6) is -1.06. The number of carboxylic acids is 1. The number of carbonyl (C=O) groups is 3. The summed E-state index contributed by atoms with van der Waals surface area (Å²) in [4.78, 5) is 45.1. The summed E-state index contributed by atoms with van der Waals surface area (Å²) in [5, 5.41) is 18.1. The van der Waals surface area contributed by atoms with Gasteiger partial charge < -0.3 is 30.2 Å². The predicted octanol–water partition coefficient (Wildman–Crippen LogP) is 5.10. The lowest BCUT2D eigenvalue weighted by molar-refractivity contribution is -0.137. The first-order valence-electron chi connectivity index (χ1n) is 13.0. The number of para-hydroxylation sites is 2. The first-order chi connectivity index (χ1) is 20.4. The quantitative estimate of drug-likeness (QED) is 0.171. The molecule has 0 bridgehead atoms. The van der Waals surface area contributed by atoms with E-state index >= 15 is 0 Å². The van der Waals surface area contributed by atoms with Crippen molar-refractivity contribution in [1.29, 1.82) is 0 Å². The van der Waals surface area contributed by atoms with Crippen LogP contribution in [0.2, 0.25) is 0 Å². The van der Waals surface area contributed by atoms with Gasteiger partial charge in [-0.25, -0.2) is 0 Å². The van der Waals surface area contributed by atoms with Crippen LogP contribution in [0.4, 0.5) is 17.4 Å². The molecule has 5 rings (SSSR count). The Hall–Kier alpha value is -5.71. The molecule has 0 aliphatic rings. The number of aromatic nitrogens is 2. The molecule has 2 heterocycles. The molecule has 2 amide bonds. The number of methoxy groups -OCH3 is 1. The fourth-order valence-electron chi connectivity index (χ4n) is 4.36. The molecule has 11 nitrogen and oxygen atoms in total. The number of rotatable bonds is 11. The van der Waals surface area contributed by atoms with Gasteiger partial charge in [0.1, 0.15) is 11.3 Å². The van der Waals surface area contributed by atoms with Crippen molar-refractivity contribution in [3.05, 3.63) is 108 Å². The molecule has 0 fully saturated rings. The van der Waals surface area contributed by atoms with Crippen LogP contribution < -0.4 is 20.7 Å². The lowest BCUT2D eigenvalue weighted by atomic mass is 10.0. The summed E-state index contributed by atoms with van der Waals surface area (Å²) in [6.07, 6.45) is 2.76. The standard InChI is InChI=1S/C31H27N5O6/c1-41-26-5-3-2-4-23(26)35-31-36-24-11-6-19(16-27(24)42-31)17-28(37)33-22-9-7-20(8-10-22)25(18-29(38)39)34-30(40)21-12-14-32-15-13-21/h2-16,25H,17-18H2,1H3,(H,33,37)(H,34,40)(H,35,36)(H,38,39). The average molecular weight is 566 g/mol. The topological polar surface area (TPSA) is 156 Å². The molecule has 0 aliphatic heterocycles. The van der Waals surface area contributed by atoms with Gasteiger partial charge in [-0.2, -0.15) is 4.98 Å². The van der Waals surface area contributed by atoms with Crippen LogP contribution in [0.3, 0.4) is 0 Å². The van der Waals surface area contributed by atoms with Gasteiger partial charge in [0.15, 0.2) is 5.58 Å². The van der Waals surface area contributed by atoms with Gasteiger partial charge in [0, 0.05) is 23.6 Å². The Morgan fingerprint density at radius 3 is 2.48 bits per heavy atom. The molecule has 1 atom stereocenters. The number of amides is 2. The van der Waals surface area contributed by atoms with Crippen molar-refractivity contribution in [2.75, 3.05) is 17.7 Å². The van der Waals surface area contributed by atoms with E-state index in [-0.39, 0.29) is 18.7 Å². The molecule has 0 radical (unpaired) electrons. The molecular formula is C31H27N5O6. The number of hydrogen-bond donors (Lipinski definition) is 4. The Morgan fingerprint density at radius 1 is 0.976 bits per heavy atom. The lowest BCUT2D eigenvalue weighted by Crippen LogP contribution is -2.30. The van der Waals surface area contributed by atoms with E-state index in [1.807, 2.05) is 30.3 Å². The molecule has 11 heteroatoms. The van der Waals surface area contributed by atoms with Gasteiger partial charge >= 0.3 is 5.97 Å². The number of nitrogens with zero attached hydrogens (tertiary/aromatic N) is 2. The predicted molar refractivity (Wildman–Crippen MR) is 156 cm³/mol. The zero-order valence-electron chi connectivity index (χ0n) is 22.5. The molecular weight excluding hydrogens is 538 g/mol. The zero-order valence-corrected chi connectivity index (χ0v) is 22.5. The van der Waals surface area contributed by atoms with E-state index in [0.717, 1.165) is 5.56 Å². The van der Waals surface area contributed by atoms with Gasteiger partial charge in [-0.3, -0.25) is 19.4 Å². The minimum atomic E-state index is -1.06. The van der Waals surface area contributed by atoms with Gasteiger partial charge in [0.2, 0.25) is 5.91 Å². The number of ether oxygens (including phenoxy) is 1. The largest absolute Gasteiger partial charge is 0.495 e. The van der Waals surface area contributed by atoms with Crippen molar-refractivity contribution in [3.8, 4) is 5.75 Å². The van der Waals surface area contributed by atoms with Gasteiger partial charge in [-0.1, -0.05) is 30.3 Å².